The SMILES string of the molecule is CC(Sc1nc(C2CC2)nc2ccccc12)C(=O)c1ccc(OC(F)F)cc1. The lowest BCUT2D eigenvalue weighted by molar-refractivity contribution is -0.0498. The van der Waals surface area contributed by atoms with Gasteiger partial charge in [-0.2, -0.15) is 8.78 Å². The van der Waals surface area contributed by atoms with Crippen molar-refractivity contribution in [2.24, 2.45) is 0 Å². The third-order valence-corrected chi connectivity index (χ3v) is 5.65. The summed E-state index contributed by atoms with van der Waals surface area (Å²) >= 11 is 1.40. The summed E-state index contributed by atoms with van der Waals surface area (Å²) in [5, 5.41) is 1.34. The lowest BCUT2D eigenvalue weighted by Gasteiger charge is -2.13. The topological polar surface area (TPSA) is 52.1 Å². The summed E-state index contributed by atoms with van der Waals surface area (Å²) in [5.41, 5.74) is 1.33. The van der Waals surface area contributed by atoms with Gasteiger partial charge in [0.1, 0.15) is 16.6 Å². The van der Waals surface area contributed by atoms with Crippen LogP contribution in [-0.2, 0) is 0 Å². The van der Waals surface area contributed by atoms with Crippen LogP contribution in [0.4, 0.5) is 8.78 Å². The molecule has 1 aromatic heterocycles. The van der Waals surface area contributed by atoms with Gasteiger partial charge in [-0.3, -0.25) is 4.79 Å². The monoisotopic (exact) mass is 400 g/mol. The van der Waals surface area contributed by atoms with Gasteiger partial charge < -0.3 is 4.74 Å². The van der Waals surface area contributed by atoms with E-state index in [2.05, 4.69) is 9.72 Å². The molecular weight excluding hydrogens is 382 g/mol. The largest absolute Gasteiger partial charge is 0.435 e. The van der Waals surface area contributed by atoms with Gasteiger partial charge in [0.15, 0.2) is 5.78 Å². The van der Waals surface area contributed by atoms with E-state index < -0.39 is 6.61 Å². The molecule has 0 N–H and O–H groups in total. The molecule has 0 radical (unpaired) electrons. The van der Waals surface area contributed by atoms with Crippen molar-refractivity contribution in [3.05, 3.63) is 59.9 Å². The van der Waals surface area contributed by atoms with E-state index in [1.807, 2.05) is 31.2 Å². The molecule has 0 saturated heterocycles. The minimum absolute atomic E-state index is 0.0303. The van der Waals surface area contributed by atoms with Crippen molar-refractivity contribution >= 4 is 28.4 Å². The second-order valence-corrected chi connectivity index (χ2v) is 8.04. The van der Waals surface area contributed by atoms with E-state index in [1.54, 1.807) is 0 Å². The van der Waals surface area contributed by atoms with Crippen LogP contribution in [0.25, 0.3) is 10.9 Å². The molecule has 4 nitrogen and oxygen atoms in total. The number of Topliss-reactive ketones (excluding diaryl/α,β-unsaturated/α-hetero) is 1. The molecule has 1 unspecified atom stereocenters. The van der Waals surface area contributed by atoms with Gasteiger partial charge in [-0.05, 0) is 50.1 Å². The molecule has 3 aromatic rings. The van der Waals surface area contributed by atoms with E-state index in [1.165, 1.54) is 36.0 Å². The lowest BCUT2D eigenvalue weighted by atomic mass is 10.1. The molecular formula is C21H18F2N2O2S. The highest BCUT2D eigenvalue weighted by molar-refractivity contribution is 8.00. The minimum atomic E-state index is -2.89. The maximum Gasteiger partial charge on any atom is 0.387 e. The first-order chi connectivity index (χ1) is 13.5. The summed E-state index contributed by atoms with van der Waals surface area (Å²) < 4.78 is 28.9. The van der Waals surface area contributed by atoms with Crippen LogP contribution in [0.15, 0.2) is 53.6 Å². The highest BCUT2D eigenvalue weighted by atomic mass is 32.2. The van der Waals surface area contributed by atoms with E-state index in [0.29, 0.717) is 11.5 Å². The average molecular weight is 400 g/mol. The number of thioether (sulfide) groups is 1. The zero-order valence-corrected chi connectivity index (χ0v) is 16.0. The van der Waals surface area contributed by atoms with Crippen LogP contribution >= 0.6 is 11.8 Å². The molecule has 0 spiro atoms. The number of benzene rings is 2. The third kappa shape index (κ3) is 4.14. The summed E-state index contributed by atoms with van der Waals surface area (Å²) in [6.45, 7) is -1.06. The molecule has 1 fully saturated rings. The molecule has 28 heavy (non-hydrogen) atoms. The van der Waals surface area contributed by atoms with Gasteiger partial charge in [-0.25, -0.2) is 9.97 Å². The first-order valence-electron chi connectivity index (χ1n) is 9.03. The number of alkyl halides is 2. The van der Waals surface area contributed by atoms with Crippen LogP contribution in [0.5, 0.6) is 5.75 Å². The molecule has 2 aromatic carbocycles. The Balaban J connectivity index is 1.56. The number of halogens is 2. The highest BCUT2D eigenvalue weighted by Gasteiger charge is 2.28. The van der Waals surface area contributed by atoms with E-state index in [9.17, 15) is 13.6 Å². The summed E-state index contributed by atoms with van der Waals surface area (Å²) in [4.78, 5) is 22.2. The van der Waals surface area contributed by atoms with Crippen molar-refractivity contribution in [3.8, 4) is 5.75 Å². The van der Waals surface area contributed by atoms with Gasteiger partial charge in [0.05, 0.1) is 10.8 Å². The molecule has 1 aliphatic carbocycles. The molecule has 1 atom stereocenters. The Bertz CT molecular complexity index is 1010. The second-order valence-electron chi connectivity index (χ2n) is 6.71. The molecule has 7 heteroatoms. The number of rotatable bonds is 7. The predicted octanol–water partition coefficient (Wildman–Crippen LogP) is 5.47. The van der Waals surface area contributed by atoms with Crippen molar-refractivity contribution < 1.29 is 18.3 Å². The lowest BCUT2D eigenvalue weighted by Crippen LogP contribution is -2.14. The summed E-state index contributed by atoms with van der Waals surface area (Å²) in [7, 11) is 0. The molecule has 0 bridgehead atoms. The number of carbonyl (C=O) groups is 1. The fourth-order valence-corrected chi connectivity index (χ4v) is 3.96. The number of ketones is 1. The molecule has 1 heterocycles. The van der Waals surface area contributed by atoms with Crippen LogP contribution in [0.3, 0.4) is 0 Å². The number of aromatic nitrogens is 2. The minimum Gasteiger partial charge on any atom is -0.435 e. The maximum atomic E-state index is 12.8. The van der Waals surface area contributed by atoms with Crippen LogP contribution in [0.2, 0.25) is 0 Å². The predicted molar refractivity (Wildman–Crippen MR) is 104 cm³/mol. The van der Waals surface area contributed by atoms with Crippen LogP contribution in [0.1, 0.15) is 41.9 Å². The van der Waals surface area contributed by atoms with Gasteiger partial charge >= 0.3 is 6.61 Å². The normalized spacial score (nSPS) is 15.0. The Hall–Kier alpha value is -2.54. The third-order valence-electron chi connectivity index (χ3n) is 4.55. The van der Waals surface area contributed by atoms with Gasteiger partial charge in [0.25, 0.3) is 0 Å². The zero-order valence-electron chi connectivity index (χ0n) is 15.1. The fourth-order valence-electron chi connectivity index (χ4n) is 2.93. The Morgan fingerprint density at radius 2 is 1.82 bits per heavy atom. The number of ether oxygens (including phenoxy) is 1. The number of nitrogens with zero attached hydrogens (tertiary/aromatic N) is 2. The molecule has 4 rings (SSSR count). The first-order valence-corrected chi connectivity index (χ1v) is 9.91. The standard InChI is InChI=1S/C21H18F2N2O2S/c1-12(18(26)13-8-10-15(11-9-13)27-21(22)23)28-20-16-4-2-3-5-17(16)24-19(25-20)14-6-7-14/h2-5,8-12,14,21H,6-7H2,1H3. The van der Waals surface area contributed by atoms with Crippen molar-refractivity contribution in [1.29, 1.82) is 0 Å². The van der Waals surface area contributed by atoms with Gasteiger partial charge in [-0.15, -0.1) is 0 Å². The molecule has 1 aliphatic rings. The molecule has 0 amide bonds. The van der Waals surface area contributed by atoms with Gasteiger partial charge in [-0.1, -0.05) is 30.0 Å². The molecule has 1 saturated carbocycles. The maximum absolute atomic E-state index is 12.8. The van der Waals surface area contributed by atoms with E-state index >= 15 is 0 Å². The Labute approximate surface area is 165 Å². The zero-order chi connectivity index (χ0) is 19.7. The average Bonchev–Trinajstić information content (AvgIpc) is 3.53. The van der Waals surface area contributed by atoms with Crippen molar-refractivity contribution in [2.75, 3.05) is 0 Å². The highest BCUT2D eigenvalue weighted by Crippen LogP contribution is 2.40. The Morgan fingerprint density at radius 3 is 2.50 bits per heavy atom. The first kappa shape index (κ1) is 18.8. The van der Waals surface area contributed by atoms with Gasteiger partial charge in [0.2, 0.25) is 0 Å². The number of hydrogen-bond acceptors (Lipinski definition) is 5. The van der Waals surface area contributed by atoms with Crippen molar-refractivity contribution in [2.45, 2.75) is 42.6 Å². The number of para-hydroxylation sites is 1. The molecule has 144 valence electrons. The van der Waals surface area contributed by atoms with E-state index in [0.717, 1.165) is 34.6 Å². The summed E-state index contributed by atoms with van der Waals surface area (Å²) in [5.74, 6) is 1.19. The summed E-state index contributed by atoms with van der Waals surface area (Å²) in [6.07, 6.45) is 2.20. The van der Waals surface area contributed by atoms with Crippen LogP contribution in [0, 0.1) is 0 Å². The van der Waals surface area contributed by atoms with Gasteiger partial charge in [0, 0.05) is 16.9 Å². The van der Waals surface area contributed by atoms with Crippen LogP contribution in [-0.4, -0.2) is 27.6 Å². The molecule has 0 aliphatic heterocycles. The summed E-state index contributed by atoms with van der Waals surface area (Å²) in [6, 6.07) is 13.6. The van der Waals surface area contributed by atoms with E-state index in [4.69, 9.17) is 4.98 Å². The number of carbonyl (C=O) groups excluding carboxylic acids is 1. The number of fused-ring (bicyclic) bond motifs is 1. The van der Waals surface area contributed by atoms with E-state index in [-0.39, 0.29) is 16.8 Å². The second kappa shape index (κ2) is 7.83. The van der Waals surface area contributed by atoms with Crippen molar-refractivity contribution in [3.63, 3.8) is 0 Å². The smallest absolute Gasteiger partial charge is 0.387 e. The quantitative estimate of drug-likeness (QED) is 0.299. The Kier molecular flexibility index (Phi) is 5.26. The number of hydrogen-bond donors (Lipinski definition) is 0. The van der Waals surface area contributed by atoms with Crippen LogP contribution < -0.4 is 4.74 Å². The Morgan fingerprint density at radius 1 is 1.11 bits per heavy atom. The van der Waals surface area contributed by atoms with Crippen molar-refractivity contribution in [1.82, 2.24) is 9.97 Å². The fraction of sp³-hybridized carbons (Fsp3) is 0.286.